The molecular formula is C22H19N3O. The number of rotatable bonds is 4. The lowest BCUT2D eigenvalue weighted by Crippen LogP contribution is -2.23. The Bertz CT molecular complexity index is 1080. The van der Waals surface area contributed by atoms with Crippen molar-refractivity contribution in [1.29, 1.82) is 0 Å². The van der Waals surface area contributed by atoms with Crippen molar-refractivity contribution in [2.75, 3.05) is 0 Å². The second kappa shape index (κ2) is 6.84. The summed E-state index contributed by atoms with van der Waals surface area (Å²) in [6.45, 7) is 2.53. The minimum absolute atomic E-state index is 0.160. The summed E-state index contributed by atoms with van der Waals surface area (Å²) in [5.74, 6) is -0.160. The van der Waals surface area contributed by atoms with Crippen LogP contribution >= 0.6 is 0 Å². The molecule has 2 N–H and O–H groups in total. The summed E-state index contributed by atoms with van der Waals surface area (Å²) in [5.41, 5.74) is 4.50. The van der Waals surface area contributed by atoms with E-state index in [4.69, 9.17) is 0 Å². The Morgan fingerprint density at radius 2 is 1.77 bits per heavy atom. The average Bonchev–Trinajstić information content (AvgIpc) is 3.17. The van der Waals surface area contributed by atoms with Gasteiger partial charge < -0.3 is 5.32 Å². The van der Waals surface area contributed by atoms with E-state index < -0.39 is 0 Å². The third-order valence-corrected chi connectivity index (χ3v) is 4.59. The average molecular weight is 341 g/mol. The number of hydrogen-bond acceptors (Lipinski definition) is 2. The lowest BCUT2D eigenvalue weighted by Gasteiger charge is -2.06. The van der Waals surface area contributed by atoms with E-state index >= 15 is 0 Å². The summed E-state index contributed by atoms with van der Waals surface area (Å²) in [4.78, 5) is 12.5. The third kappa shape index (κ3) is 3.09. The SMILES string of the molecule is Cc1ccccc1CNC(=O)c1cc(-c2cccc3ccccc23)n[nH]1. The molecule has 0 bridgehead atoms. The molecule has 4 nitrogen and oxygen atoms in total. The van der Waals surface area contributed by atoms with Crippen LogP contribution in [0.3, 0.4) is 0 Å². The van der Waals surface area contributed by atoms with E-state index in [2.05, 4.69) is 33.7 Å². The molecule has 0 atom stereocenters. The highest BCUT2D eigenvalue weighted by atomic mass is 16.1. The zero-order valence-corrected chi connectivity index (χ0v) is 14.5. The normalized spacial score (nSPS) is 10.8. The summed E-state index contributed by atoms with van der Waals surface area (Å²) in [7, 11) is 0. The van der Waals surface area contributed by atoms with Crippen molar-refractivity contribution < 1.29 is 4.79 Å². The first-order valence-corrected chi connectivity index (χ1v) is 8.58. The predicted octanol–water partition coefficient (Wildman–Crippen LogP) is 4.47. The van der Waals surface area contributed by atoms with Crippen LogP contribution in [0.2, 0.25) is 0 Å². The van der Waals surface area contributed by atoms with Crippen molar-refractivity contribution in [1.82, 2.24) is 15.5 Å². The number of aryl methyl sites for hydroxylation is 1. The fourth-order valence-corrected chi connectivity index (χ4v) is 3.10. The van der Waals surface area contributed by atoms with Gasteiger partial charge in [-0.25, -0.2) is 0 Å². The molecule has 4 aromatic rings. The number of benzene rings is 3. The first-order chi connectivity index (χ1) is 12.7. The van der Waals surface area contributed by atoms with E-state index in [0.717, 1.165) is 33.2 Å². The van der Waals surface area contributed by atoms with Crippen molar-refractivity contribution in [3.8, 4) is 11.3 Å². The smallest absolute Gasteiger partial charge is 0.269 e. The molecule has 1 heterocycles. The van der Waals surface area contributed by atoms with E-state index in [1.165, 1.54) is 0 Å². The Kier molecular flexibility index (Phi) is 4.23. The second-order valence-electron chi connectivity index (χ2n) is 6.30. The molecule has 0 radical (unpaired) electrons. The van der Waals surface area contributed by atoms with Gasteiger partial charge in [-0.15, -0.1) is 0 Å². The molecule has 1 aromatic heterocycles. The van der Waals surface area contributed by atoms with Crippen LogP contribution in [-0.4, -0.2) is 16.1 Å². The van der Waals surface area contributed by atoms with Crippen LogP contribution < -0.4 is 5.32 Å². The number of carbonyl (C=O) groups excluding carboxylic acids is 1. The highest BCUT2D eigenvalue weighted by Gasteiger charge is 2.12. The zero-order chi connectivity index (χ0) is 17.9. The molecular weight excluding hydrogens is 322 g/mol. The monoisotopic (exact) mass is 341 g/mol. The van der Waals surface area contributed by atoms with Gasteiger partial charge in [0.1, 0.15) is 5.69 Å². The van der Waals surface area contributed by atoms with Crippen LogP contribution in [0.15, 0.2) is 72.8 Å². The second-order valence-corrected chi connectivity index (χ2v) is 6.30. The quantitative estimate of drug-likeness (QED) is 0.575. The molecule has 0 spiro atoms. The number of H-pyrrole nitrogens is 1. The van der Waals surface area contributed by atoms with Crippen molar-refractivity contribution in [3.05, 3.63) is 89.6 Å². The van der Waals surface area contributed by atoms with Crippen molar-refractivity contribution in [3.63, 3.8) is 0 Å². The van der Waals surface area contributed by atoms with Gasteiger partial charge in [-0.2, -0.15) is 5.10 Å². The fraction of sp³-hybridized carbons (Fsp3) is 0.0909. The number of nitrogens with zero attached hydrogens (tertiary/aromatic N) is 1. The number of carbonyl (C=O) groups is 1. The van der Waals surface area contributed by atoms with Crippen LogP contribution in [0, 0.1) is 6.92 Å². The summed E-state index contributed by atoms with van der Waals surface area (Å²) in [6.07, 6.45) is 0. The van der Waals surface area contributed by atoms with E-state index in [1.807, 2.05) is 55.5 Å². The third-order valence-electron chi connectivity index (χ3n) is 4.59. The number of aromatic nitrogens is 2. The van der Waals surface area contributed by atoms with Gasteiger partial charge in [-0.3, -0.25) is 9.89 Å². The van der Waals surface area contributed by atoms with Gasteiger partial charge in [0.25, 0.3) is 5.91 Å². The molecule has 4 heteroatoms. The molecule has 3 aromatic carbocycles. The Balaban J connectivity index is 1.56. The van der Waals surface area contributed by atoms with Crippen molar-refractivity contribution in [2.24, 2.45) is 0 Å². The molecule has 0 fully saturated rings. The number of fused-ring (bicyclic) bond motifs is 1. The molecule has 0 saturated heterocycles. The van der Waals surface area contributed by atoms with Crippen molar-refractivity contribution >= 4 is 16.7 Å². The molecule has 0 unspecified atom stereocenters. The first kappa shape index (κ1) is 16.1. The maximum atomic E-state index is 12.5. The van der Waals surface area contributed by atoms with E-state index in [9.17, 15) is 4.79 Å². The molecule has 4 rings (SSSR count). The Morgan fingerprint density at radius 1 is 1.00 bits per heavy atom. The van der Waals surface area contributed by atoms with Crippen LogP contribution in [0.25, 0.3) is 22.0 Å². The fourth-order valence-electron chi connectivity index (χ4n) is 3.10. The van der Waals surface area contributed by atoms with Crippen LogP contribution in [-0.2, 0) is 6.54 Å². The Morgan fingerprint density at radius 3 is 2.65 bits per heavy atom. The standard InChI is InChI=1S/C22H19N3O/c1-15-7-2-3-9-17(15)14-23-22(26)21-13-20(24-25-21)19-12-6-10-16-8-4-5-11-18(16)19/h2-13H,14H2,1H3,(H,23,26)(H,24,25). The molecule has 0 aliphatic carbocycles. The first-order valence-electron chi connectivity index (χ1n) is 8.58. The van der Waals surface area contributed by atoms with Gasteiger partial charge in [0.2, 0.25) is 0 Å². The Hall–Kier alpha value is -3.40. The van der Waals surface area contributed by atoms with Gasteiger partial charge in [0.05, 0.1) is 5.69 Å². The largest absolute Gasteiger partial charge is 0.347 e. The summed E-state index contributed by atoms with van der Waals surface area (Å²) >= 11 is 0. The molecule has 0 aliphatic heterocycles. The topological polar surface area (TPSA) is 57.8 Å². The van der Waals surface area contributed by atoms with E-state index in [1.54, 1.807) is 6.07 Å². The van der Waals surface area contributed by atoms with Crippen LogP contribution in [0.4, 0.5) is 0 Å². The zero-order valence-electron chi connectivity index (χ0n) is 14.5. The molecule has 0 aliphatic rings. The van der Waals surface area contributed by atoms with Gasteiger partial charge >= 0.3 is 0 Å². The molecule has 26 heavy (non-hydrogen) atoms. The maximum absolute atomic E-state index is 12.5. The van der Waals surface area contributed by atoms with Gasteiger partial charge in [-0.05, 0) is 34.9 Å². The number of nitrogens with one attached hydrogen (secondary N) is 2. The van der Waals surface area contributed by atoms with Gasteiger partial charge in [0, 0.05) is 12.1 Å². The minimum Gasteiger partial charge on any atom is -0.347 e. The highest BCUT2D eigenvalue weighted by molar-refractivity contribution is 5.98. The van der Waals surface area contributed by atoms with Gasteiger partial charge in [0.15, 0.2) is 0 Å². The predicted molar refractivity (Wildman–Crippen MR) is 104 cm³/mol. The number of hydrogen-bond donors (Lipinski definition) is 2. The lowest BCUT2D eigenvalue weighted by atomic mass is 10.0. The van der Waals surface area contributed by atoms with Crippen LogP contribution in [0.5, 0.6) is 0 Å². The minimum atomic E-state index is -0.160. The summed E-state index contributed by atoms with van der Waals surface area (Å²) in [6, 6.07) is 24.1. The molecule has 0 saturated carbocycles. The molecule has 128 valence electrons. The lowest BCUT2D eigenvalue weighted by molar-refractivity contribution is 0.0946. The highest BCUT2D eigenvalue weighted by Crippen LogP contribution is 2.27. The number of aromatic amines is 1. The number of amides is 1. The van der Waals surface area contributed by atoms with Gasteiger partial charge in [-0.1, -0.05) is 66.7 Å². The molecule has 1 amide bonds. The maximum Gasteiger partial charge on any atom is 0.269 e. The van der Waals surface area contributed by atoms with E-state index in [0.29, 0.717) is 12.2 Å². The summed E-state index contributed by atoms with van der Waals surface area (Å²) in [5, 5.41) is 12.4. The summed E-state index contributed by atoms with van der Waals surface area (Å²) < 4.78 is 0. The van der Waals surface area contributed by atoms with E-state index in [-0.39, 0.29) is 5.91 Å². The Labute approximate surface area is 151 Å². The van der Waals surface area contributed by atoms with Crippen molar-refractivity contribution in [2.45, 2.75) is 13.5 Å². The van der Waals surface area contributed by atoms with Crippen LogP contribution in [0.1, 0.15) is 21.6 Å².